The van der Waals surface area contributed by atoms with E-state index >= 15 is 0 Å². The third kappa shape index (κ3) is 4.92. The minimum atomic E-state index is -0.789. The van der Waals surface area contributed by atoms with Gasteiger partial charge < -0.3 is 14.6 Å². The van der Waals surface area contributed by atoms with Gasteiger partial charge >= 0.3 is 11.8 Å². The lowest BCUT2D eigenvalue weighted by atomic mass is 10.1. The maximum atomic E-state index is 11.9. The summed E-state index contributed by atoms with van der Waals surface area (Å²) in [5.41, 5.74) is 8.74. The highest BCUT2D eigenvalue weighted by Gasteiger charge is 2.19. The predicted molar refractivity (Wildman–Crippen MR) is 112 cm³/mol. The predicted octanol–water partition coefficient (Wildman–Crippen LogP) is 2.46. The number of hydrogen-bond acceptors (Lipinski definition) is 4. The van der Waals surface area contributed by atoms with Crippen LogP contribution in [0.3, 0.4) is 0 Å². The summed E-state index contributed by atoms with van der Waals surface area (Å²) in [6.07, 6.45) is 3.44. The standard InChI is InChI=1S/C22H28N4O3/c1-14-7-8-15(2)20(10-14)26-16(3)11-18(17(26)4)12-24-25-22(28)21(27)23-13-19-6-5-9-29-19/h7-8,10-12,19H,5-6,9,13H2,1-4H3,(H,23,27)(H,25,28)/b24-12-/t19-/m0/s1. The third-order valence-electron chi connectivity index (χ3n) is 5.17. The minimum absolute atomic E-state index is 0.00859. The summed E-state index contributed by atoms with van der Waals surface area (Å²) >= 11 is 0. The molecule has 3 rings (SSSR count). The molecule has 0 aliphatic carbocycles. The van der Waals surface area contributed by atoms with Crippen molar-refractivity contribution >= 4 is 18.0 Å². The first kappa shape index (κ1) is 20.8. The molecule has 154 valence electrons. The highest BCUT2D eigenvalue weighted by Crippen LogP contribution is 2.23. The summed E-state index contributed by atoms with van der Waals surface area (Å²) in [5, 5.41) is 6.54. The zero-order valence-corrected chi connectivity index (χ0v) is 17.4. The smallest absolute Gasteiger partial charge is 0.329 e. The Labute approximate surface area is 171 Å². The summed E-state index contributed by atoms with van der Waals surface area (Å²) in [4.78, 5) is 23.8. The fraction of sp³-hybridized carbons (Fsp3) is 0.409. The van der Waals surface area contributed by atoms with E-state index in [-0.39, 0.29) is 6.10 Å². The second-order valence-electron chi connectivity index (χ2n) is 7.50. The van der Waals surface area contributed by atoms with Crippen molar-refractivity contribution in [3.63, 3.8) is 0 Å². The lowest BCUT2D eigenvalue weighted by molar-refractivity contribution is -0.139. The normalized spacial score (nSPS) is 16.3. The fourth-order valence-corrected chi connectivity index (χ4v) is 3.55. The van der Waals surface area contributed by atoms with Crippen LogP contribution in [0.4, 0.5) is 0 Å². The summed E-state index contributed by atoms with van der Waals surface area (Å²) in [5.74, 6) is -1.50. The molecule has 7 nitrogen and oxygen atoms in total. The van der Waals surface area contributed by atoms with Crippen molar-refractivity contribution in [3.05, 3.63) is 52.3 Å². The van der Waals surface area contributed by atoms with E-state index < -0.39 is 11.8 Å². The van der Waals surface area contributed by atoms with Gasteiger partial charge in [-0.05, 0) is 63.8 Å². The molecule has 0 unspecified atom stereocenters. The summed E-state index contributed by atoms with van der Waals surface area (Å²) in [6.45, 7) is 9.23. The number of carbonyl (C=O) groups excluding carboxylic acids is 2. The average Bonchev–Trinajstić information content (AvgIpc) is 3.30. The number of rotatable bonds is 5. The number of aromatic nitrogens is 1. The summed E-state index contributed by atoms with van der Waals surface area (Å²) < 4.78 is 7.59. The maximum absolute atomic E-state index is 11.9. The first-order valence-electron chi connectivity index (χ1n) is 9.86. The molecule has 0 radical (unpaired) electrons. The molecule has 0 spiro atoms. The van der Waals surface area contributed by atoms with Crippen molar-refractivity contribution in [3.8, 4) is 5.69 Å². The number of carbonyl (C=O) groups is 2. The van der Waals surface area contributed by atoms with Crippen LogP contribution >= 0.6 is 0 Å². The quantitative estimate of drug-likeness (QED) is 0.463. The van der Waals surface area contributed by atoms with E-state index in [1.807, 2.05) is 19.9 Å². The largest absolute Gasteiger partial charge is 0.376 e. The van der Waals surface area contributed by atoms with Crippen LogP contribution in [-0.2, 0) is 14.3 Å². The first-order chi connectivity index (χ1) is 13.9. The van der Waals surface area contributed by atoms with Gasteiger partial charge in [0.15, 0.2) is 0 Å². The van der Waals surface area contributed by atoms with E-state index in [2.05, 4.69) is 52.5 Å². The van der Waals surface area contributed by atoms with E-state index in [0.29, 0.717) is 13.2 Å². The van der Waals surface area contributed by atoms with E-state index in [1.54, 1.807) is 6.21 Å². The van der Waals surface area contributed by atoms with Crippen molar-refractivity contribution in [2.24, 2.45) is 5.10 Å². The summed E-state index contributed by atoms with van der Waals surface area (Å²) in [7, 11) is 0. The van der Waals surface area contributed by atoms with Crippen molar-refractivity contribution in [2.45, 2.75) is 46.6 Å². The molecule has 1 saturated heterocycles. The lowest BCUT2D eigenvalue weighted by Gasteiger charge is -2.13. The van der Waals surface area contributed by atoms with Crippen LogP contribution in [0.1, 0.15) is 40.9 Å². The van der Waals surface area contributed by atoms with E-state index in [0.717, 1.165) is 35.5 Å². The number of benzene rings is 1. The Morgan fingerprint density at radius 3 is 2.72 bits per heavy atom. The van der Waals surface area contributed by atoms with Crippen LogP contribution in [0, 0.1) is 27.7 Å². The number of nitrogens with one attached hydrogen (secondary N) is 2. The Morgan fingerprint density at radius 2 is 2.00 bits per heavy atom. The number of hydrogen-bond donors (Lipinski definition) is 2. The Hall–Kier alpha value is -2.93. The highest BCUT2D eigenvalue weighted by molar-refractivity contribution is 6.35. The molecule has 2 amide bonds. The zero-order chi connectivity index (χ0) is 21.0. The Bertz CT molecular complexity index is 940. The molecule has 2 N–H and O–H groups in total. The number of aryl methyl sites for hydroxylation is 3. The van der Waals surface area contributed by atoms with Gasteiger partial charge in [-0.3, -0.25) is 9.59 Å². The van der Waals surface area contributed by atoms with Gasteiger partial charge in [0.05, 0.1) is 12.3 Å². The molecule has 1 aromatic carbocycles. The van der Waals surface area contributed by atoms with E-state index in [4.69, 9.17) is 4.74 Å². The fourth-order valence-electron chi connectivity index (χ4n) is 3.55. The molecular formula is C22H28N4O3. The van der Waals surface area contributed by atoms with E-state index in [1.165, 1.54) is 11.1 Å². The van der Waals surface area contributed by atoms with Crippen LogP contribution in [-0.4, -0.2) is 41.9 Å². The molecular weight excluding hydrogens is 368 g/mol. The molecule has 0 bridgehead atoms. The Balaban J connectivity index is 1.64. The van der Waals surface area contributed by atoms with Crippen molar-refractivity contribution < 1.29 is 14.3 Å². The van der Waals surface area contributed by atoms with Crippen LogP contribution < -0.4 is 10.7 Å². The third-order valence-corrected chi connectivity index (χ3v) is 5.17. The molecule has 1 fully saturated rings. The van der Waals surface area contributed by atoms with Gasteiger partial charge in [-0.1, -0.05) is 12.1 Å². The zero-order valence-electron chi connectivity index (χ0n) is 17.4. The number of nitrogens with zero attached hydrogens (tertiary/aromatic N) is 2. The van der Waals surface area contributed by atoms with Gasteiger partial charge in [0.1, 0.15) is 0 Å². The number of amides is 2. The van der Waals surface area contributed by atoms with Gasteiger partial charge in [-0.15, -0.1) is 0 Å². The van der Waals surface area contributed by atoms with E-state index in [9.17, 15) is 9.59 Å². The van der Waals surface area contributed by atoms with Crippen LogP contribution in [0.2, 0.25) is 0 Å². The molecule has 1 aliphatic heterocycles. The Kier molecular flexibility index (Phi) is 6.49. The second-order valence-corrected chi connectivity index (χ2v) is 7.50. The Morgan fingerprint density at radius 1 is 1.21 bits per heavy atom. The number of ether oxygens (including phenoxy) is 1. The van der Waals surface area contributed by atoms with Crippen LogP contribution in [0.15, 0.2) is 29.4 Å². The second kappa shape index (κ2) is 9.05. The molecule has 29 heavy (non-hydrogen) atoms. The molecule has 0 saturated carbocycles. The minimum Gasteiger partial charge on any atom is -0.376 e. The monoisotopic (exact) mass is 396 g/mol. The molecule has 7 heteroatoms. The van der Waals surface area contributed by atoms with Gasteiger partial charge in [0, 0.05) is 35.8 Å². The molecule has 2 heterocycles. The van der Waals surface area contributed by atoms with Crippen molar-refractivity contribution in [2.75, 3.05) is 13.2 Å². The molecule has 1 aromatic heterocycles. The average molecular weight is 396 g/mol. The summed E-state index contributed by atoms with van der Waals surface area (Å²) in [6, 6.07) is 8.35. The van der Waals surface area contributed by atoms with Gasteiger partial charge in [0.2, 0.25) is 0 Å². The van der Waals surface area contributed by atoms with Gasteiger partial charge in [-0.2, -0.15) is 5.10 Å². The van der Waals surface area contributed by atoms with Crippen molar-refractivity contribution in [1.82, 2.24) is 15.3 Å². The maximum Gasteiger partial charge on any atom is 0.329 e. The highest BCUT2D eigenvalue weighted by atomic mass is 16.5. The number of hydrazone groups is 1. The SMILES string of the molecule is Cc1ccc(C)c(-n2c(C)cc(/C=N\NC(=O)C(=O)NC[C@@H]3CCCO3)c2C)c1. The topological polar surface area (TPSA) is 84.7 Å². The van der Waals surface area contributed by atoms with Gasteiger partial charge in [0.25, 0.3) is 0 Å². The van der Waals surface area contributed by atoms with Gasteiger partial charge in [-0.25, -0.2) is 5.43 Å². The molecule has 1 atom stereocenters. The van der Waals surface area contributed by atoms with Crippen LogP contribution in [0.5, 0.6) is 0 Å². The first-order valence-corrected chi connectivity index (χ1v) is 9.86. The molecule has 2 aromatic rings. The van der Waals surface area contributed by atoms with Crippen LogP contribution in [0.25, 0.3) is 5.69 Å². The lowest BCUT2D eigenvalue weighted by Crippen LogP contribution is -2.41. The van der Waals surface area contributed by atoms with Crippen molar-refractivity contribution in [1.29, 1.82) is 0 Å². The molecule has 1 aliphatic rings.